The molecule has 2 aromatic rings. The Morgan fingerprint density at radius 1 is 0.974 bits per heavy atom. The number of morpholine rings is 1. The quantitative estimate of drug-likeness (QED) is 0.594. The van der Waals surface area contributed by atoms with E-state index in [0.717, 1.165) is 49.5 Å². The molecule has 0 atom stereocenters. The predicted molar refractivity (Wildman–Crippen MR) is 151 cm³/mol. The fourth-order valence-corrected chi connectivity index (χ4v) is 5.16. The van der Waals surface area contributed by atoms with E-state index in [1.165, 1.54) is 0 Å². The first-order chi connectivity index (χ1) is 18.4. The molecule has 2 heterocycles. The van der Waals surface area contributed by atoms with Crippen molar-refractivity contribution in [3.63, 3.8) is 0 Å². The zero-order valence-electron chi connectivity index (χ0n) is 23.3. The zero-order chi connectivity index (χ0) is 27.1. The van der Waals surface area contributed by atoms with Crippen molar-refractivity contribution in [1.82, 2.24) is 9.80 Å². The molecule has 0 spiro atoms. The molecule has 0 N–H and O–H groups in total. The highest BCUT2D eigenvalue weighted by Crippen LogP contribution is 2.29. The molecular formula is C30H42N4O4. The average Bonchev–Trinajstić information content (AvgIpc) is 2.95. The van der Waals surface area contributed by atoms with Gasteiger partial charge in [0, 0.05) is 57.1 Å². The summed E-state index contributed by atoms with van der Waals surface area (Å²) in [6.45, 7) is 10.3. The summed E-state index contributed by atoms with van der Waals surface area (Å²) in [6, 6.07) is 13.8. The number of amides is 2. The normalized spacial score (nSPS) is 17.7. The molecule has 0 radical (unpaired) electrons. The zero-order valence-corrected chi connectivity index (χ0v) is 23.3. The van der Waals surface area contributed by atoms with Crippen LogP contribution in [0.25, 0.3) is 0 Å². The van der Waals surface area contributed by atoms with Crippen LogP contribution in [0.2, 0.25) is 0 Å². The number of ether oxygens (including phenoxy) is 2. The Morgan fingerprint density at radius 2 is 1.74 bits per heavy atom. The van der Waals surface area contributed by atoms with Gasteiger partial charge in [0.2, 0.25) is 5.91 Å². The maximum Gasteiger partial charge on any atom is 0.258 e. The summed E-state index contributed by atoms with van der Waals surface area (Å²) in [5.41, 5.74) is 3.43. The van der Waals surface area contributed by atoms with Crippen LogP contribution < -0.4 is 14.5 Å². The molecule has 1 fully saturated rings. The summed E-state index contributed by atoms with van der Waals surface area (Å²) < 4.78 is 11.2. The monoisotopic (exact) mass is 522 g/mol. The molecule has 8 heteroatoms. The van der Waals surface area contributed by atoms with Gasteiger partial charge < -0.3 is 29.1 Å². The van der Waals surface area contributed by atoms with Crippen molar-refractivity contribution in [3.8, 4) is 5.75 Å². The van der Waals surface area contributed by atoms with Gasteiger partial charge in [0.05, 0.1) is 25.9 Å². The number of likely N-dealkylation sites (N-methyl/N-ethyl adjacent to an activating group) is 1. The number of methoxy groups -OCH3 is 1. The standard InChI is InChI=1S/C30H42N4O4/c1-23(2)20-29(35)34-13-7-12-31(3)14-15-33(22-24-8-5-6-9-27(24)34)30(36)26-21-25(10-11-28(26)37-4)32-16-18-38-19-17-32/h5-6,8-11,21,23H,7,12-20,22H2,1-4H3. The van der Waals surface area contributed by atoms with Crippen molar-refractivity contribution in [2.45, 2.75) is 33.2 Å². The van der Waals surface area contributed by atoms with E-state index < -0.39 is 0 Å². The van der Waals surface area contributed by atoms with Gasteiger partial charge in [0.25, 0.3) is 5.91 Å². The number of carbonyl (C=O) groups excluding carboxylic acids is 2. The second kappa shape index (κ2) is 13.1. The summed E-state index contributed by atoms with van der Waals surface area (Å²) in [6.07, 6.45) is 1.37. The molecule has 0 aromatic heterocycles. The fraction of sp³-hybridized carbons (Fsp3) is 0.533. The van der Waals surface area contributed by atoms with Crippen molar-refractivity contribution in [2.24, 2.45) is 5.92 Å². The van der Waals surface area contributed by atoms with Gasteiger partial charge in [-0.3, -0.25) is 9.59 Å². The molecule has 2 aliphatic rings. The molecule has 2 aromatic carbocycles. The van der Waals surface area contributed by atoms with Gasteiger partial charge in [-0.2, -0.15) is 0 Å². The van der Waals surface area contributed by atoms with E-state index >= 15 is 0 Å². The van der Waals surface area contributed by atoms with Crippen LogP contribution in [0.15, 0.2) is 42.5 Å². The third-order valence-electron chi connectivity index (χ3n) is 7.28. The van der Waals surface area contributed by atoms with E-state index in [4.69, 9.17) is 9.47 Å². The van der Waals surface area contributed by atoms with Crippen LogP contribution in [-0.2, 0) is 16.1 Å². The summed E-state index contributed by atoms with van der Waals surface area (Å²) >= 11 is 0. The second-order valence-electron chi connectivity index (χ2n) is 10.6. The maximum atomic E-state index is 14.1. The number of para-hydroxylation sites is 1. The first-order valence-corrected chi connectivity index (χ1v) is 13.7. The van der Waals surface area contributed by atoms with E-state index in [2.05, 4.69) is 30.7 Å². The van der Waals surface area contributed by atoms with Crippen LogP contribution in [0.1, 0.15) is 42.6 Å². The van der Waals surface area contributed by atoms with Gasteiger partial charge >= 0.3 is 0 Å². The van der Waals surface area contributed by atoms with Gasteiger partial charge in [0.1, 0.15) is 5.75 Å². The SMILES string of the molecule is COc1ccc(N2CCOCC2)cc1C(=O)N1CCN(C)CCCN(C(=O)CC(C)C)c2ccccc2C1. The minimum atomic E-state index is -0.0699. The lowest BCUT2D eigenvalue weighted by atomic mass is 10.1. The molecule has 0 unspecified atom stereocenters. The van der Waals surface area contributed by atoms with Gasteiger partial charge in [0.15, 0.2) is 0 Å². The number of rotatable bonds is 5. The first-order valence-electron chi connectivity index (χ1n) is 13.7. The predicted octanol–water partition coefficient (Wildman–Crippen LogP) is 3.89. The molecule has 2 aliphatic heterocycles. The van der Waals surface area contributed by atoms with E-state index in [1.54, 1.807) is 7.11 Å². The van der Waals surface area contributed by atoms with Crippen LogP contribution in [0.4, 0.5) is 11.4 Å². The molecule has 1 saturated heterocycles. The van der Waals surface area contributed by atoms with Crippen molar-refractivity contribution in [2.75, 3.05) is 76.4 Å². The largest absolute Gasteiger partial charge is 0.496 e. The highest BCUT2D eigenvalue weighted by Gasteiger charge is 2.26. The third-order valence-corrected chi connectivity index (χ3v) is 7.28. The smallest absolute Gasteiger partial charge is 0.258 e. The Labute approximate surface area is 227 Å². The molecule has 8 nitrogen and oxygen atoms in total. The number of nitrogens with zero attached hydrogens (tertiary/aromatic N) is 4. The van der Waals surface area contributed by atoms with Gasteiger partial charge in [-0.15, -0.1) is 0 Å². The minimum absolute atomic E-state index is 0.0699. The number of benzene rings is 2. The fourth-order valence-electron chi connectivity index (χ4n) is 5.16. The third kappa shape index (κ3) is 6.85. The highest BCUT2D eigenvalue weighted by atomic mass is 16.5. The van der Waals surface area contributed by atoms with Gasteiger partial charge in [-0.05, 0) is 55.8 Å². The van der Waals surface area contributed by atoms with Crippen molar-refractivity contribution >= 4 is 23.2 Å². The Balaban J connectivity index is 1.69. The Hall–Kier alpha value is -3.10. The number of anilines is 2. The Bertz CT molecular complexity index is 1100. The highest BCUT2D eigenvalue weighted by molar-refractivity contribution is 5.98. The Morgan fingerprint density at radius 3 is 2.47 bits per heavy atom. The van der Waals surface area contributed by atoms with E-state index in [0.29, 0.717) is 50.6 Å². The lowest BCUT2D eigenvalue weighted by molar-refractivity contribution is -0.119. The van der Waals surface area contributed by atoms with E-state index in [-0.39, 0.29) is 17.7 Å². The van der Waals surface area contributed by atoms with Gasteiger partial charge in [-0.1, -0.05) is 32.0 Å². The summed E-state index contributed by atoms with van der Waals surface area (Å²) in [4.78, 5) is 35.8. The molecule has 206 valence electrons. The van der Waals surface area contributed by atoms with Crippen molar-refractivity contribution < 1.29 is 19.1 Å². The molecule has 2 amide bonds. The molecule has 4 rings (SSSR count). The molecular weight excluding hydrogens is 480 g/mol. The second-order valence-corrected chi connectivity index (χ2v) is 10.6. The molecule has 0 aliphatic carbocycles. The van der Waals surface area contributed by atoms with Crippen molar-refractivity contribution in [3.05, 3.63) is 53.6 Å². The average molecular weight is 523 g/mol. The van der Waals surface area contributed by atoms with Crippen LogP contribution >= 0.6 is 0 Å². The Kier molecular flexibility index (Phi) is 9.63. The van der Waals surface area contributed by atoms with Gasteiger partial charge in [-0.25, -0.2) is 0 Å². The number of fused-ring (bicyclic) bond motifs is 1. The lowest BCUT2D eigenvalue weighted by Gasteiger charge is -2.31. The van der Waals surface area contributed by atoms with E-state index in [9.17, 15) is 9.59 Å². The van der Waals surface area contributed by atoms with Crippen LogP contribution in [0.5, 0.6) is 5.75 Å². The number of hydrogen-bond acceptors (Lipinski definition) is 6. The minimum Gasteiger partial charge on any atom is -0.496 e. The first kappa shape index (κ1) is 27.9. The maximum absolute atomic E-state index is 14.1. The van der Waals surface area contributed by atoms with E-state index in [1.807, 2.05) is 52.3 Å². The van der Waals surface area contributed by atoms with Crippen LogP contribution in [0, 0.1) is 5.92 Å². The number of carbonyl (C=O) groups is 2. The number of hydrogen-bond donors (Lipinski definition) is 0. The molecule has 38 heavy (non-hydrogen) atoms. The van der Waals surface area contributed by atoms with Crippen LogP contribution in [-0.4, -0.2) is 88.3 Å². The topological polar surface area (TPSA) is 65.6 Å². The summed E-state index contributed by atoms with van der Waals surface area (Å²) in [7, 11) is 3.68. The lowest BCUT2D eigenvalue weighted by Crippen LogP contribution is -2.38. The van der Waals surface area contributed by atoms with Crippen molar-refractivity contribution in [1.29, 1.82) is 0 Å². The van der Waals surface area contributed by atoms with Crippen LogP contribution in [0.3, 0.4) is 0 Å². The molecule has 0 bridgehead atoms. The summed E-state index contributed by atoms with van der Waals surface area (Å²) in [5, 5.41) is 0. The summed E-state index contributed by atoms with van der Waals surface area (Å²) in [5.74, 6) is 0.906. The molecule has 0 saturated carbocycles.